The number of aryl methyl sites for hydroxylation is 2. The number of carbonyl (C=O) groups excluding carboxylic acids is 1. The molecule has 2 aromatic rings. The van der Waals surface area contributed by atoms with Gasteiger partial charge in [-0.05, 0) is 42.7 Å². The van der Waals surface area contributed by atoms with Gasteiger partial charge in [-0.1, -0.05) is 31.5 Å². The van der Waals surface area contributed by atoms with Crippen LogP contribution < -0.4 is 0 Å². The lowest BCUT2D eigenvalue weighted by atomic mass is 10.0. The third-order valence-electron chi connectivity index (χ3n) is 2.88. The van der Waals surface area contributed by atoms with E-state index in [4.69, 9.17) is 0 Å². The Morgan fingerprint density at radius 3 is 2.78 bits per heavy atom. The maximum absolute atomic E-state index is 12.3. The normalized spacial score (nSPS) is 10.3. The molecule has 0 atom stereocenters. The number of ketones is 1. The van der Waals surface area contributed by atoms with Crippen molar-refractivity contribution in [1.29, 1.82) is 0 Å². The Morgan fingerprint density at radius 1 is 1.22 bits per heavy atom. The molecule has 0 amide bonds. The van der Waals surface area contributed by atoms with Gasteiger partial charge in [-0.3, -0.25) is 9.78 Å². The second-order valence-corrected chi connectivity index (χ2v) is 4.50. The summed E-state index contributed by atoms with van der Waals surface area (Å²) < 4.78 is 0. The first-order valence-corrected chi connectivity index (χ1v) is 6.27. The maximum atomic E-state index is 12.3. The van der Waals surface area contributed by atoms with Gasteiger partial charge in [-0.15, -0.1) is 0 Å². The van der Waals surface area contributed by atoms with Crippen molar-refractivity contribution in [1.82, 2.24) is 4.98 Å². The second kappa shape index (κ2) is 5.58. The van der Waals surface area contributed by atoms with Gasteiger partial charge in [0.05, 0.1) is 0 Å². The van der Waals surface area contributed by atoms with Crippen molar-refractivity contribution in [2.45, 2.75) is 26.7 Å². The summed E-state index contributed by atoms with van der Waals surface area (Å²) in [5.41, 5.74) is 3.50. The zero-order chi connectivity index (χ0) is 13.0. The monoisotopic (exact) mass is 239 g/mol. The number of carbonyl (C=O) groups is 1. The van der Waals surface area contributed by atoms with Crippen LogP contribution in [0, 0.1) is 6.92 Å². The quantitative estimate of drug-likeness (QED) is 0.763. The molecule has 1 heterocycles. The van der Waals surface area contributed by atoms with Crippen molar-refractivity contribution in [2.75, 3.05) is 0 Å². The fourth-order valence-corrected chi connectivity index (χ4v) is 1.96. The van der Waals surface area contributed by atoms with Crippen LogP contribution in [-0.4, -0.2) is 10.8 Å². The minimum absolute atomic E-state index is 0.00310. The molecule has 92 valence electrons. The summed E-state index contributed by atoms with van der Waals surface area (Å²) in [5, 5.41) is 0. The molecule has 0 spiro atoms. The molecule has 0 saturated carbocycles. The lowest BCUT2D eigenvalue weighted by molar-refractivity contribution is 0.103. The SMILES string of the molecule is CCCc1cccc(C(=O)c2cc(C)ccn2)c1. The van der Waals surface area contributed by atoms with Crippen molar-refractivity contribution in [3.8, 4) is 0 Å². The molecule has 0 radical (unpaired) electrons. The van der Waals surface area contributed by atoms with Crippen LogP contribution in [0.2, 0.25) is 0 Å². The Labute approximate surface area is 108 Å². The van der Waals surface area contributed by atoms with Crippen LogP contribution in [0.25, 0.3) is 0 Å². The second-order valence-electron chi connectivity index (χ2n) is 4.50. The molecule has 0 fully saturated rings. The number of pyridine rings is 1. The standard InChI is InChI=1S/C16H17NO/c1-3-5-13-6-4-7-14(11-13)16(18)15-10-12(2)8-9-17-15/h4,6-11H,3,5H2,1-2H3. The summed E-state index contributed by atoms with van der Waals surface area (Å²) >= 11 is 0. The number of rotatable bonds is 4. The topological polar surface area (TPSA) is 30.0 Å². The van der Waals surface area contributed by atoms with Gasteiger partial charge in [-0.2, -0.15) is 0 Å². The summed E-state index contributed by atoms with van der Waals surface area (Å²) in [7, 11) is 0. The Balaban J connectivity index is 2.31. The molecule has 0 saturated heterocycles. The molecule has 1 aromatic carbocycles. The van der Waals surface area contributed by atoms with Crippen LogP contribution in [0.3, 0.4) is 0 Å². The number of aromatic nitrogens is 1. The molecule has 0 bridgehead atoms. The van der Waals surface area contributed by atoms with Gasteiger partial charge >= 0.3 is 0 Å². The Bertz CT molecular complexity index is 561. The van der Waals surface area contributed by atoms with Crippen LogP contribution in [0.5, 0.6) is 0 Å². The molecule has 2 nitrogen and oxygen atoms in total. The highest BCUT2D eigenvalue weighted by molar-refractivity contribution is 6.07. The van der Waals surface area contributed by atoms with Crippen molar-refractivity contribution < 1.29 is 4.79 Å². The molecule has 0 N–H and O–H groups in total. The fourth-order valence-electron chi connectivity index (χ4n) is 1.96. The van der Waals surface area contributed by atoms with Gasteiger partial charge in [0, 0.05) is 11.8 Å². The molecule has 18 heavy (non-hydrogen) atoms. The van der Waals surface area contributed by atoms with E-state index in [1.165, 1.54) is 5.56 Å². The van der Waals surface area contributed by atoms with E-state index in [1.54, 1.807) is 6.20 Å². The molecule has 2 heteroatoms. The molecule has 0 unspecified atom stereocenters. The van der Waals surface area contributed by atoms with E-state index in [0.717, 1.165) is 24.0 Å². The predicted octanol–water partition coefficient (Wildman–Crippen LogP) is 3.57. The minimum atomic E-state index is -0.00310. The van der Waals surface area contributed by atoms with Crippen molar-refractivity contribution >= 4 is 5.78 Å². The van der Waals surface area contributed by atoms with Gasteiger partial charge in [-0.25, -0.2) is 0 Å². The first-order chi connectivity index (χ1) is 8.70. The van der Waals surface area contributed by atoms with Gasteiger partial charge in [0.25, 0.3) is 0 Å². The van der Waals surface area contributed by atoms with E-state index in [-0.39, 0.29) is 5.78 Å². The fraction of sp³-hybridized carbons (Fsp3) is 0.250. The van der Waals surface area contributed by atoms with Crippen molar-refractivity contribution in [3.05, 3.63) is 65.0 Å². The Hall–Kier alpha value is -1.96. The molecular formula is C16H17NO. The highest BCUT2D eigenvalue weighted by Crippen LogP contribution is 2.12. The average Bonchev–Trinajstić information content (AvgIpc) is 2.39. The molecule has 0 aliphatic rings. The van der Waals surface area contributed by atoms with Gasteiger partial charge < -0.3 is 0 Å². The third kappa shape index (κ3) is 2.83. The number of hydrogen-bond acceptors (Lipinski definition) is 2. The largest absolute Gasteiger partial charge is 0.287 e. The van der Waals surface area contributed by atoms with E-state index < -0.39 is 0 Å². The first-order valence-electron chi connectivity index (χ1n) is 6.27. The highest BCUT2D eigenvalue weighted by atomic mass is 16.1. The number of hydrogen-bond donors (Lipinski definition) is 0. The Morgan fingerprint density at radius 2 is 2.06 bits per heavy atom. The lowest BCUT2D eigenvalue weighted by Crippen LogP contribution is -2.04. The summed E-state index contributed by atoms with van der Waals surface area (Å²) in [6.07, 6.45) is 3.77. The summed E-state index contributed by atoms with van der Waals surface area (Å²) in [6.45, 7) is 4.10. The maximum Gasteiger partial charge on any atom is 0.211 e. The zero-order valence-electron chi connectivity index (χ0n) is 10.8. The van der Waals surface area contributed by atoms with Crippen LogP contribution in [0.15, 0.2) is 42.6 Å². The summed E-state index contributed by atoms with van der Waals surface area (Å²) in [6, 6.07) is 11.5. The molecule has 2 rings (SSSR count). The first kappa shape index (κ1) is 12.5. The van der Waals surface area contributed by atoms with E-state index in [1.807, 2.05) is 37.3 Å². The molecular weight excluding hydrogens is 222 g/mol. The average molecular weight is 239 g/mol. The van der Waals surface area contributed by atoms with Crippen LogP contribution >= 0.6 is 0 Å². The van der Waals surface area contributed by atoms with Gasteiger partial charge in [0.2, 0.25) is 5.78 Å². The summed E-state index contributed by atoms with van der Waals surface area (Å²) in [4.78, 5) is 16.4. The minimum Gasteiger partial charge on any atom is -0.287 e. The zero-order valence-corrected chi connectivity index (χ0v) is 10.8. The molecule has 0 aliphatic carbocycles. The molecule has 1 aromatic heterocycles. The van der Waals surface area contributed by atoms with Crippen molar-refractivity contribution in [2.24, 2.45) is 0 Å². The van der Waals surface area contributed by atoms with E-state index in [9.17, 15) is 4.79 Å². The van der Waals surface area contributed by atoms with Crippen LogP contribution in [0.4, 0.5) is 0 Å². The Kier molecular flexibility index (Phi) is 3.88. The number of benzene rings is 1. The third-order valence-corrected chi connectivity index (χ3v) is 2.88. The summed E-state index contributed by atoms with van der Waals surface area (Å²) in [5.74, 6) is -0.00310. The van der Waals surface area contributed by atoms with Crippen molar-refractivity contribution in [3.63, 3.8) is 0 Å². The van der Waals surface area contributed by atoms with Gasteiger partial charge in [0.15, 0.2) is 0 Å². The van der Waals surface area contributed by atoms with Crippen LogP contribution in [0.1, 0.15) is 40.5 Å². The van der Waals surface area contributed by atoms with E-state index in [0.29, 0.717) is 5.69 Å². The van der Waals surface area contributed by atoms with E-state index in [2.05, 4.69) is 18.0 Å². The van der Waals surface area contributed by atoms with E-state index >= 15 is 0 Å². The smallest absolute Gasteiger partial charge is 0.211 e. The lowest BCUT2D eigenvalue weighted by Gasteiger charge is -2.04. The number of nitrogens with zero attached hydrogens (tertiary/aromatic N) is 1. The van der Waals surface area contributed by atoms with Gasteiger partial charge in [0.1, 0.15) is 5.69 Å². The highest BCUT2D eigenvalue weighted by Gasteiger charge is 2.10. The molecule has 0 aliphatic heterocycles. The van der Waals surface area contributed by atoms with Crippen LogP contribution in [-0.2, 0) is 6.42 Å². The predicted molar refractivity (Wildman–Crippen MR) is 72.8 cm³/mol.